The molecule has 1 aromatic heterocycles. The van der Waals surface area contributed by atoms with E-state index in [1.165, 1.54) is 0 Å². The van der Waals surface area contributed by atoms with Gasteiger partial charge in [0.05, 0.1) is 0 Å². The van der Waals surface area contributed by atoms with Gasteiger partial charge in [-0.2, -0.15) is 0 Å². The molecule has 0 spiro atoms. The Morgan fingerprint density at radius 2 is 1.60 bits per heavy atom. The Morgan fingerprint density at radius 3 is 2.25 bits per heavy atom. The van der Waals surface area contributed by atoms with Gasteiger partial charge in [0.1, 0.15) is 6.04 Å². The van der Waals surface area contributed by atoms with Crippen molar-refractivity contribution in [3.05, 3.63) is 83.9 Å². The van der Waals surface area contributed by atoms with Gasteiger partial charge < -0.3 is 31.3 Å². The Balaban J connectivity index is 1.26. The molecule has 0 radical (unpaired) electrons. The highest BCUT2D eigenvalue weighted by molar-refractivity contribution is 5.98. The number of nitrogens with zero attached hydrogens (tertiary/aromatic N) is 4. The Kier molecular flexibility index (Phi) is 13.4. The molecule has 1 fully saturated rings. The molecule has 4 aromatic rings. The van der Waals surface area contributed by atoms with E-state index in [1.54, 1.807) is 24.3 Å². The molecule has 274 valence electrons. The van der Waals surface area contributed by atoms with Crippen LogP contribution in [0.4, 0.5) is 10.5 Å². The highest BCUT2D eigenvalue weighted by Gasteiger charge is 2.30. The lowest BCUT2D eigenvalue weighted by Gasteiger charge is -2.29. The summed E-state index contributed by atoms with van der Waals surface area (Å²) < 4.78 is 0. The zero-order valence-electron chi connectivity index (χ0n) is 29.6. The number of carboxylic acid groups (broad SMARTS) is 1. The van der Waals surface area contributed by atoms with E-state index in [0.29, 0.717) is 43.0 Å². The highest BCUT2D eigenvalue weighted by Crippen LogP contribution is 2.29. The molecule has 1 atom stereocenters. The van der Waals surface area contributed by atoms with E-state index in [-0.39, 0.29) is 36.0 Å². The van der Waals surface area contributed by atoms with Crippen LogP contribution in [0.3, 0.4) is 0 Å². The normalized spacial score (nSPS) is 16.1. The molecule has 1 aliphatic rings. The summed E-state index contributed by atoms with van der Waals surface area (Å²) in [4.78, 5) is 53.2. The molecule has 4 amide bonds. The summed E-state index contributed by atoms with van der Waals surface area (Å²) in [6.07, 6.45) is 1.87. The number of carbonyl (C=O) groups excluding carboxylic acids is 3. The zero-order chi connectivity index (χ0) is 36.9. The lowest BCUT2D eigenvalue weighted by molar-refractivity contribution is -0.130. The van der Waals surface area contributed by atoms with Gasteiger partial charge in [-0.05, 0) is 108 Å². The predicted molar refractivity (Wildman–Crippen MR) is 197 cm³/mol. The summed E-state index contributed by atoms with van der Waals surface area (Å²) in [5.74, 6) is -0.264. The van der Waals surface area contributed by atoms with Crippen molar-refractivity contribution >= 4 is 29.5 Å². The van der Waals surface area contributed by atoms with Crippen molar-refractivity contribution < 1.29 is 24.3 Å². The van der Waals surface area contributed by atoms with Crippen LogP contribution in [0.15, 0.2) is 72.8 Å². The Morgan fingerprint density at radius 1 is 0.885 bits per heavy atom. The number of amides is 4. The highest BCUT2D eigenvalue weighted by atomic mass is 16.4. The molecule has 0 saturated heterocycles. The van der Waals surface area contributed by atoms with Crippen LogP contribution in [0, 0.1) is 11.8 Å². The van der Waals surface area contributed by atoms with E-state index in [4.69, 9.17) is 5.11 Å². The molecular weight excluding hydrogens is 662 g/mol. The van der Waals surface area contributed by atoms with Gasteiger partial charge in [0.25, 0.3) is 5.91 Å². The minimum absolute atomic E-state index is 0.118. The van der Waals surface area contributed by atoms with Crippen LogP contribution in [0.25, 0.3) is 22.5 Å². The minimum atomic E-state index is -1.05. The van der Waals surface area contributed by atoms with Gasteiger partial charge in [0.15, 0.2) is 5.82 Å². The van der Waals surface area contributed by atoms with Crippen LogP contribution in [-0.4, -0.2) is 93.2 Å². The number of hydrogen-bond acceptors (Lipinski definition) is 8. The Bertz CT molecular complexity index is 1770. The van der Waals surface area contributed by atoms with E-state index in [2.05, 4.69) is 60.6 Å². The monoisotopic (exact) mass is 709 g/mol. The third-order valence-corrected chi connectivity index (χ3v) is 9.62. The zero-order valence-corrected chi connectivity index (χ0v) is 29.6. The van der Waals surface area contributed by atoms with Gasteiger partial charge in [-0.3, -0.25) is 14.4 Å². The third kappa shape index (κ3) is 10.7. The standard InChI is InChI=1S/C38H47N9O5/c1-3-47(4-2)21-20-39-35(48)29-14-12-27(13-15-29)31-7-5-6-26(22-31)23-33(42-36(49)30-10-8-25(9-11-30)24-40-38(51)52)37(50)41-32-18-16-28(17-19-32)34-43-45-46-44-34/h5-7,12-19,22,25,30,33,40H,3-4,8-11,20-21,23-24H2,1-2H3,(H,39,48)(H,41,50)(H,42,49)(H,51,52)(H,43,44,45,46)/t25-,30-,33-/m0/s1. The van der Waals surface area contributed by atoms with Gasteiger partial charge in [-0.1, -0.05) is 50.2 Å². The second-order valence-corrected chi connectivity index (χ2v) is 13.0. The lowest BCUT2D eigenvalue weighted by atomic mass is 9.81. The van der Waals surface area contributed by atoms with Crippen molar-refractivity contribution in [2.24, 2.45) is 11.8 Å². The number of hydrogen-bond donors (Lipinski definition) is 6. The molecule has 6 N–H and O–H groups in total. The number of likely N-dealkylation sites (N-methyl/N-ethyl adjacent to an activating group) is 1. The number of tetrazole rings is 1. The van der Waals surface area contributed by atoms with Crippen molar-refractivity contribution in [2.75, 3.05) is 38.0 Å². The summed E-state index contributed by atoms with van der Waals surface area (Å²) in [6, 6.07) is 21.4. The first-order valence-corrected chi connectivity index (χ1v) is 17.8. The van der Waals surface area contributed by atoms with E-state index in [0.717, 1.165) is 54.7 Å². The summed E-state index contributed by atoms with van der Waals surface area (Å²) >= 11 is 0. The SMILES string of the molecule is CCN(CC)CCNC(=O)c1ccc(-c2cccc(C[C@H](NC(=O)[C@H]3CC[C@H](CNC(=O)O)CC3)C(=O)Nc3ccc(-c4nnn[nH]4)cc3)c2)cc1. The van der Waals surface area contributed by atoms with Crippen LogP contribution in [0.2, 0.25) is 0 Å². The molecule has 52 heavy (non-hydrogen) atoms. The first-order chi connectivity index (χ1) is 25.2. The molecule has 0 bridgehead atoms. The molecule has 1 aliphatic carbocycles. The fraction of sp³-hybridized carbons (Fsp3) is 0.395. The maximum atomic E-state index is 13.8. The van der Waals surface area contributed by atoms with E-state index >= 15 is 0 Å². The number of nitrogens with one attached hydrogen (secondary N) is 5. The molecule has 0 unspecified atom stereocenters. The lowest BCUT2D eigenvalue weighted by Crippen LogP contribution is -2.48. The van der Waals surface area contributed by atoms with Gasteiger partial charge >= 0.3 is 6.09 Å². The van der Waals surface area contributed by atoms with Gasteiger partial charge in [-0.15, -0.1) is 5.10 Å². The topological polar surface area (TPSA) is 194 Å². The fourth-order valence-electron chi connectivity index (χ4n) is 6.48. The number of H-pyrrole nitrogens is 1. The molecule has 1 saturated carbocycles. The van der Waals surface area contributed by atoms with E-state index < -0.39 is 12.1 Å². The molecular formula is C38H47N9O5. The van der Waals surface area contributed by atoms with Crippen molar-refractivity contribution in [3.63, 3.8) is 0 Å². The summed E-state index contributed by atoms with van der Waals surface area (Å²) in [5, 5.41) is 34.2. The molecule has 1 heterocycles. The Labute approximate surface area is 303 Å². The average Bonchev–Trinajstić information content (AvgIpc) is 3.71. The van der Waals surface area contributed by atoms with E-state index in [9.17, 15) is 19.2 Å². The molecule has 5 rings (SSSR count). The molecule has 14 nitrogen and oxygen atoms in total. The molecule has 0 aliphatic heterocycles. The number of anilines is 1. The van der Waals surface area contributed by atoms with Crippen molar-refractivity contribution in [2.45, 2.75) is 52.0 Å². The fourth-order valence-corrected chi connectivity index (χ4v) is 6.48. The largest absolute Gasteiger partial charge is 0.465 e. The quantitative estimate of drug-likeness (QED) is 0.0981. The number of aromatic amines is 1. The number of benzene rings is 3. The first-order valence-electron chi connectivity index (χ1n) is 17.8. The molecule has 3 aromatic carbocycles. The minimum Gasteiger partial charge on any atom is -0.465 e. The second-order valence-electron chi connectivity index (χ2n) is 13.0. The maximum Gasteiger partial charge on any atom is 0.404 e. The third-order valence-electron chi connectivity index (χ3n) is 9.62. The number of carbonyl (C=O) groups is 4. The van der Waals surface area contributed by atoms with Gasteiger partial charge in [-0.25, -0.2) is 9.89 Å². The number of rotatable bonds is 16. The number of aromatic nitrogens is 4. The van der Waals surface area contributed by atoms with Crippen molar-refractivity contribution in [3.8, 4) is 22.5 Å². The second kappa shape index (κ2) is 18.6. The summed E-state index contributed by atoms with van der Waals surface area (Å²) in [5.41, 5.74) is 4.58. The van der Waals surface area contributed by atoms with Gasteiger partial charge in [0, 0.05) is 48.8 Å². The smallest absolute Gasteiger partial charge is 0.404 e. The molecule has 14 heteroatoms. The average molecular weight is 710 g/mol. The summed E-state index contributed by atoms with van der Waals surface area (Å²) in [6.45, 7) is 7.81. The van der Waals surface area contributed by atoms with Crippen molar-refractivity contribution in [1.29, 1.82) is 0 Å². The Hall–Kier alpha value is -5.63. The van der Waals surface area contributed by atoms with Crippen LogP contribution >= 0.6 is 0 Å². The maximum absolute atomic E-state index is 13.8. The van der Waals surface area contributed by atoms with Crippen molar-refractivity contribution in [1.82, 2.24) is 41.5 Å². The van der Waals surface area contributed by atoms with Crippen LogP contribution < -0.4 is 21.3 Å². The van der Waals surface area contributed by atoms with Crippen LogP contribution in [-0.2, 0) is 16.0 Å². The van der Waals surface area contributed by atoms with E-state index in [1.807, 2.05) is 48.5 Å². The van der Waals surface area contributed by atoms with Crippen LogP contribution in [0.1, 0.15) is 55.5 Å². The summed E-state index contributed by atoms with van der Waals surface area (Å²) in [7, 11) is 0. The first kappa shape index (κ1) is 37.6. The van der Waals surface area contributed by atoms with Gasteiger partial charge in [0.2, 0.25) is 11.8 Å². The predicted octanol–water partition coefficient (Wildman–Crippen LogP) is 4.35. The van der Waals surface area contributed by atoms with Crippen LogP contribution in [0.5, 0.6) is 0 Å².